The van der Waals surface area contributed by atoms with Gasteiger partial charge in [0, 0.05) is 17.5 Å². The van der Waals surface area contributed by atoms with Crippen molar-refractivity contribution in [3.05, 3.63) is 22.4 Å². The molecule has 1 heterocycles. The molecule has 1 aromatic heterocycles. The maximum Gasteiger partial charge on any atom is 0.0561 e. The fourth-order valence-electron chi connectivity index (χ4n) is 5.06. The molecule has 2 aliphatic carbocycles. The normalized spacial score (nSPS) is 35.5. The lowest BCUT2D eigenvalue weighted by Crippen LogP contribution is -2.52. The van der Waals surface area contributed by atoms with Crippen LogP contribution in [0.1, 0.15) is 51.0 Å². The zero-order valence-corrected chi connectivity index (χ0v) is 15.0. The summed E-state index contributed by atoms with van der Waals surface area (Å²) in [5.74, 6) is 0.916. The van der Waals surface area contributed by atoms with E-state index in [9.17, 15) is 0 Å². The fourth-order valence-corrected chi connectivity index (χ4v) is 5.98. The number of nitrogens with one attached hydrogen (secondary N) is 1. The molecule has 2 bridgehead atoms. The summed E-state index contributed by atoms with van der Waals surface area (Å²) in [6.45, 7) is 8.53. The smallest absolute Gasteiger partial charge is 0.0561 e. The van der Waals surface area contributed by atoms with E-state index in [0.717, 1.165) is 12.5 Å². The Morgan fingerprint density at radius 1 is 1.38 bits per heavy atom. The van der Waals surface area contributed by atoms with Gasteiger partial charge in [-0.1, -0.05) is 26.8 Å². The van der Waals surface area contributed by atoms with E-state index < -0.39 is 0 Å². The molecule has 0 saturated heterocycles. The van der Waals surface area contributed by atoms with E-state index in [1.54, 1.807) is 0 Å². The quantitative estimate of drug-likeness (QED) is 0.879. The molecule has 21 heavy (non-hydrogen) atoms. The van der Waals surface area contributed by atoms with E-state index in [-0.39, 0.29) is 0 Å². The lowest BCUT2D eigenvalue weighted by molar-refractivity contribution is 0.102. The van der Waals surface area contributed by atoms with Gasteiger partial charge in [0.05, 0.1) is 6.04 Å². The highest BCUT2D eigenvalue weighted by atomic mass is 32.1. The van der Waals surface area contributed by atoms with Crippen LogP contribution in [0.5, 0.6) is 0 Å². The number of hydrogen-bond donors (Lipinski definition) is 1. The molecule has 0 spiro atoms. The van der Waals surface area contributed by atoms with Gasteiger partial charge >= 0.3 is 0 Å². The summed E-state index contributed by atoms with van der Waals surface area (Å²) in [6, 6.07) is 5.58. The Bertz CT molecular complexity index is 475. The van der Waals surface area contributed by atoms with Gasteiger partial charge in [0.25, 0.3) is 0 Å². The number of likely N-dealkylation sites (N-methyl/N-ethyl adjacent to an activating group) is 1. The van der Waals surface area contributed by atoms with Crippen molar-refractivity contribution < 1.29 is 0 Å². The standard InChI is InChI=1S/C18H30N2S/c1-17(2)13-8-9-18(3,11-13)16(17)19-12-14(20(4)5)15-7-6-10-21-15/h6-7,10,13-14,16,19H,8-9,11-12H2,1-5H3/t13-,14?,16?,18+/m0/s1. The lowest BCUT2D eigenvalue weighted by atomic mass is 9.68. The van der Waals surface area contributed by atoms with Gasteiger partial charge in [-0.2, -0.15) is 0 Å². The molecule has 2 fully saturated rings. The summed E-state index contributed by atoms with van der Waals surface area (Å²) in [6.07, 6.45) is 4.26. The predicted molar refractivity (Wildman–Crippen MR) is 91.8 cm³/mol. The maximum absolute atomic E-state index is 3.98. The monoisotopic (exact) mass is 306 g/mol. The molecule has 0 radical (unpaired) electrons. The zero-order valence-electron chi connectivity index (χ0n) is 14.1. The molecule has 3 rings (SSSR count). The molecule has 4 atom stereocenters. The summed E-state index contributed by atoms with van der Waals surface area (Å²) in [4.78, 5) is 3.82. The topological polar surface area (TPSA) is 15.3 Å². The molecule has 2 nitrogen and oxygen atoms in total. The summed E-state index contributed by atoms with van der Waals surface area (Å²) >= 11 is 1.87. The van der Waals surface area contributed by atoms with Gasteiger partial charge < -0.3 is 10.2 Å². The first-order valence-electron chi connectivity index (χ1n) is 8.28. The van der Waals surface area contributed by atoms with Crippen LogP contribution in [0.3, 0.4) is 0 Å². The maximum atomic E-state index is 3.98. The molecule has 2 saturated carbocycles. The third-order valence-corrected chi connectivity index (χ3v) is 7.25. The zero-order chi connectivity index (χ0) is 15.3. The Balaban J connectivity index is 1.72. The molecule has 0 aliphatic heterocycles. The van der Waals surface area contributed by atoms with Crippen LogP contribution in [0.25, 0.3) is 0 Å². The van der Waals surface area contributed by atoms with Gasteiger partial charge in [0.1, 0.15) is 0 Å². The molecular weight excluding hydrogens is 276 g/mol. The minimum absolute atomic E-state index is 0.444. The fraction of sp³-hybridized carbons (Fsp3) is 0.778. The Morgan fingerprint density at radius 3 is 2.67 bits per heavy atom. The Morgan fingerprint density at radius 2 is 2.14 bits per heavy atom. The highest BCUT2D eigenvalue weighted by Crippen LogP contribution is 2.62. The minimum atomic E-state index is 0.444. The van der Waals surface area contributed by atoms with Crippen LogP contribution >= 0.6 is 11.3 Å². The largest absolute Gasteiger partial charge is 0.311 e. The molecule has 2 aliphatic rings. The van der Waals surface area contributed by atoms with Gasteiger partial charge in [-0.3, -0.25) is 0 Å². The van der Waals surface area contributed by atoms with E-state index in [4.69, 9.17) is 0 Å². The molecule has 0 amide bonds. The van der Waals surface area contributed by atoms with Crippen molar-refractivity contribution in [2.45, 2.75) is 52.1 Å². The molecule has 1 N–H and O–H groups in total. The van der Waals surface area contributed by atoms with E-state index in [0.29, 0.717) is 22.9 Å². The first kappa shape index (κ1) is 15.5. The van der Waals surface area contributed by atoms with Crippen LogP contribution in [0.15, 0.2) is 17.5 Å². The van der Waals surface area contributed by atoms with E-state index in [1.807, 2.05) is 11.3 Å². The molecule has 2 unspecified atom stereocenters. The second-order valence-electron chi connectivity index (χ2n) is 8.25. The van der Waals surface area contributed by atoms with Crippen LogP contribution in [-0.2, 0) is 0 Å². The number of hydrogen-bond acceptors (Lipinski definition) is 3. The van der Waals surface area contributed by atoms with Crippen molar-refractivity contribution in [2.24, 2.45) is 16.7 Å². The van der Waals surface area contributed by atoms with Gasteiger partial charge in [-0.05, 0) is 61.6 Å². The van der Waals surface area contributed by atoms with E-state index >= 15 is 0 Å². The molecule has 118 valence electrons. The third kappa shape index (κ3) is 2.58. The van der Waals surface area contributed by atoms with Crippen LogP contribution < -0.4 is 5.32 Å². The average molecular weight is 307 g/mol. The predicted octanol–water partition coefficient (Wildman–Crippen LogP) is 4.16. The highest BCUT2D eigenvalue weighted by Gasteiger charge is 2.58. The molecule has 0 aromatic carbocycles. The van der Waals surface area contributed by atoms with E-state index in [2.05, 4.69) is 62.6 Å². The van der Waals surface area contributed by atoms with Crippen molar-refractivity contribution in [3.8, 4) is 0 Å². The Labute approximate surface area is 133 Å². The third-order valence-electron chi connectivity index (χ3n) is 6.28. The van der Waals surface area contributed by atoms with Crippen molar-refractivity contribution in [2.75, 3.05) is 20.6 Å². The number of nitrogens with zero attached hydrogens (tertiary/aromatic N) is 1. The van der Waals surface area contributed by atoms with Crippen LogP contribution in [0, 0.1) is 16.7 Å². The summed E-state index contributed by atoms with van der Waals surface area (Å²) in [5, 5.41) is 6.17. The second kappa shape index (κ2) is 5.36. The average Bonchev–Trinajstić information content (AvgIpc) is 3.06. The summed E-state index contributed by atoms with van der Waals surface area (Å²) in [5.41, 5.74) is 0.958. The number of thiophene rings is 1. The number of fused-ring (bicyclic) bond motifs is 2. The Kier molecular flexibility index (Phi) is 3.96. The minimum Gasteiger partial charge on any atom is -0.311 e. The SMILES string of the molecule is CN(C)C(CNC1C(C)(C)[C@H]2CC[C@]1(C)C2)c1cccs1. The number of rotatable bonds is 5. The van der Waals surface area contributed by atoms with Crippen LogP contribution in [0.2, 0.25) is 0 Å². The second-order valence-corrected chi connectivity index (χ2v) is 9.23. The Hall–Kier alpha value is -0.380. The van der Waals surface area contributed by atoms with Gasteiger partial charge in [-0.25, -0.2) is 0 Å². The highest BCUT2D eigenvalue weighted by molar-refractivity contribution is 7.10. The van der Waals surface area contributed by atoms with Gasteiger partial charge in [-0.15, -0.1) is 11.3 Å². The lowest BCUT2D eigenvalue weighted by Gasteiger charge is -2.44. The van der Waals surface area contributed by atoms with Crippen molar-refractivity contribution in [1.82, 2.24) is 10.2 Å². The van der Waals surface area contributed by atoms with Crippen LogP contribution in [0.4, 0.5) is 0 Å². The van der Waals surface area contributed by atoms with Crippen molar-refractivity contribution in [1.29, 1.82) is 0 Å². The summed E-state index contributed by atoms with van der Waals surface area (Å²) in [7, 11) is 4.39. The summed E-state index contributed by atoms with van der Waals surface area (Å²) < 4.78 is 0. The van der Waals surface area contributed by atoms with Crippen molar-refractivity contribution in [3.63, 3.8) is 0 Å². The molecule has 3 heteroatoms. The van der Waals surface area contributed by atoms with Gasteiger partial charge in [0.15, 0.2) is 0 Å². The molecule has 1 aromatic rings. The van der Waals surface area contributed by atoms with Crippen LogP contribution in [-0.4, -0.2) is 31.6 Å². The first-order valence-corrected chi connectivity index (χ1v) is 9.16. The molecular formula is C18H30N2S. The van der Waals surface area contributed by atoms with E-state index in [1.165, 1.54) is 24.1 Å². The van der Waals surface area contributed by atoms with Gasteiger partial charge in [0.2, 0.25) is 0 Å². The first-order chi connectivity index (χ1) is 9.84. The van der Waals surface area contributed by atoms with Crippen molar-refractivity contribution >= 4 is 11.3 Å².